The van der Waals surface area contributed by atoms with E-state index in [4.69, 9.17) is 9.47 Å². The van der Waals surface area contributed by atoms with Gasteiger partial charge in [-0.15, -0.1) is 0 Å². The van der Waals surface area contributed by atoms with Crippen LogP contribution in [0.15, 0.2) is 24.3 Å². The predicted octanol–water partition coefficient (Wildman–Crippen LogP) is 9.72. The number of aliphatic hydroxyl groups is 4. The van der Waals surface area contributed by atoms with Gasteiger partial charge in [-0.05, 0) is 44.9 Å². The van der Waals surface area contributed by atoms with Gasteiger partial charge in [-0.3, -0.25) is 9.35 Å². The van der Waals surface area contributed by atoms with Gasteiger partial charge in [0, 0.05) is 6.42 Å². The van der Waals surface area contributed by atoms with E-state index < -0.39 is 59.9 Å². The molecule has 7 atom stereocenters. The van der Waals surface area contributed by atoms with Crippen LogP contribution in [0.4, 0.5) is 0 Å². The molecule has 1 amide bonds. The van der Waals surface area contributed by atoms with Crippen LogP contribution >= 0.6 is 0 Å². The van der Waals surface area contributed by atoms with Crippen LogP contribution in [0.5, 0.6) is 0 Å². The van der Waals surface area contributed by atoms with Crippen LogP contribution < -0.4 is 5.32 Å². The van der Waals surface area contributed by atoms with Crippen molar-refractivity contribution in [1.82, 2.24) is 5.32 Å². The van der Waals surface area contributed by atoms with Gasteiger partial charge in [-0.2, -0.15) is 8.42 Å². The molecule has 60 heavy (non-hydrogen) atoms. The van der Waals surface area contributed by atoms with Crippen molar-refractivity contribution >= 4 is 16.3 Å². The summed E-state index contributed by atoms with van der Waals surface area (Å²) in [6.45, 7) is 3.37. The molecule has 1 fully saturated rings. The molecule has 354 valence electrons. The molecule has 1 saturated heterocycles. The van der Waals surface area contributed by atoms with Crippen molar-refractivity contribution in [2.45, 2.75) is 256 Å². The fourth-order valence-electron chi connectivity index (χ4n) is 7.68. The third-order valence-corrected chi connectivity index (χ3v) is 11.9. The Hall–Kier alpha value is -1.42. The van der Waals surface area contributed by atoms with Crippen LogP contribution in [0.2, 0.25) is 0 Å². The van der Waals surface area contributed by atoms with E-state index in [0.717, 1.165) is 44.9 Å². The van der Waals surface area contributed by atoms with E-state index in [1.165, 1.54) is 141 Å². The Morgan fingerprint density at radius 3 is 1.50 bits per heavy atom. The molecule has 0 aromatic rings. The standard InChI is InChI=1S/C47H89NO11S/c1-3-5-7-9-11-13-15-16-17-18-19-20-21-22-23-24-25-27-29-31-33-35-37-43(51)48-40(41(50)36-34-32-30-28-26-14-12-10-8-6-4-2)39-57-47-45(53)46(59-60(54,55)56)44(52)42(38-49)58-47/h21-22,34,36,40-42,44-47,49-50,52-53H,3-20,23-33,35,37-39H2,1-2H3,(H,48,51)(H,54,55,56)/b22-21-,36-34+. The summed E-state index contributed by atoms with van der Waals surface area (Å²) in [7, 11) is -5.08. The van der Waals surface area contributed by atoms with Crippen LogP contribution in [0.25, 0.3) is 0 Å². The first-order valence-corrected chi connectivity index (χ1v) is 25.6. The lowest BCUT2D eigenvalue weighted by atomic mass is 9.99. The molecule has 0 saturated carbocycles. The van der Waals surface area contributed by atoms with E-state index in [2.05, 4.69) is 35.5 Å². The molecule has 1 aliphatic rings. The van der Waals surface area contributed by atoms with Gasteiger partial charge in [0.05, 0.1) is 25.4 Å². The molecule has 0 spiro atoms. The van der Waals surface area contributed by atoms with Crippen molar-refractivity contribution in [3.05, 3.63) is 24.3 Å². The summed E-state index contributed by atoms with van der Waals surface area (Å²) in [6.07, 6.45) is 35.1. The van der Waals surface area contributed by atoms with E-state index in [9.17, 15) is 38.2 Å². The summed E-state index contributed by atoms with van der Waals surface area (Å²) >= 11 is 0. The summed E-state index contributed by atoms with van der Waals surface area (Å²) in [6, 6.07) is -0.943. The minimum atomic E-state index is -5.08. The van der Waals surface area contributed by atoms with Crippen LogP contribution in [-0.2, 0) is 28.9 Å². The largest absolute Gasteiger partial charge is 0.397 e. The summed E-state index contributed by atoms with van der Waals surface area (Å²) in [5.41, 5.74) is 0. The molecule has 7 unspecified atom stereocenters. The van der Waals surface area contributed by atoms with Gasteiger partial charge in [0.2, 0.25) is 5.91 Å². The third kappa shape index (κ3) is 30.6. The van der Waals surface area contributed by atoms with Crippen molar-refractivity contribution in [2.75, 3.05) is 13.2 Å². The number of hydrogen-bond acceptors (Lipinski definition) is 10. The first kappa shape index (κ1) is 56.6. The summed E-state index contributed by atoms with van der Waals surface area (Å²) in [4.78, 5) is 13.0. The Kier molecular flexibility index (Phi) is 35.9. The maximum atomic E-state index is 13.0. The zero-order valence-corrected chi connectivity index (χ0v) is 38.6. The molecule has 1 heterocycles. The fraction of sp³-hybridized carbons (Fsp3) is 0.894. The molecule has 0 aromatic heterocycles. The first-order valence-electron chi connectivity index (χ1n) is 24.2. The number of aliphatic hydroxyl groups excluding tert-OH is 4. The molecule has 1 rings (SSSR count). The minimum Gasteiger partial charge on any atom is -0.394 e. The van der Waals surface area contributed by atoms with E-state index in [-0.39, 0.29) is 18.9 Å². The van der Waals surface area contributed by atoms with Gasteiger partial charge in [0.1, 0.15) is 24.4 Å². The number of unbranched alkanes of at least 4 members (excludes halogenated alkanes) is 27. The molecule has 12 nitrogen and oxygen atoms in total. The van der Waals surface area contributed by atoms with Gasteiger partial charge >= 0.3 is 10.4 Å². The van der Waals surface area contributed by atoms with Crippen LogP contribution in [0, 0.1) is 0 Å². The average Bonchev–Trinajstić information content (AvgIpc) is 3.22. The number of rotatable bonds is 41. The maximum absolute atomic E-state index is 13.0. The third-order valence-electron chi connectivity index (χ3n) is 11.5. The lowest BCUT2D eigenvalue weighted by Crippen LogP contribution is -2.61. The highest BCUT2D eigenvalue weighted by molar-refractivity contribution is 7.80. The summed E-state index contributed by atoms with van der Waals surface area (Å²) in [5.74, 6) is -0.267. The van der Waals surface area contributed by atoms with Gasteiger partial charge in [-0.25, -0.2) is 4.18 Å². The molecule has 0 aliphatic carbocycles. The SMILES string of the molecule is CCCCCCCCCCC/C=C/C(O)C(COC1OC(CO)C(O)C(OS(=O)(=O)O)C1O)NC(=O)CCCCCCCCC/C=C\CCCCCCCCCCCCC. The highest BCUT2D eigenvalue weighted by atomic mass is 32.3. The monoisotopic (exact) mass is 876 g/mol. The van der Waals surface area contributed by atoms with E-state index in [1.54, 1.807) is 6.08 Å². The van der Waals surface area contributed by atoms with Gasteiger partial charge in [0.15, 0.2) is 6.29 Å². The van der Waals surface area contributed by atoms with Crippen molar-refractivity contribution < 1.29 is 51.8 Å². The van der Waals surface area contributed by atoms with Crippen molar-refractivity contribution in [2.24, 2.45) is 0 Å². The molecule has 0 radical (unpaired) electrons. The highest BCUT2D eigenvalue weighted by Gasteiger charge is 2.48. The number of hydrogen-bond donors (Lipinski definition) is 6. The highest BCUT2D eigenvalue weighted by Crippen LogP contribution is 2.26. The van der Waals surface area contributed by atoms with E-state index in [1.807, 2.05) is 6.08 Å². The molecule has 13 heteroatoms. The summed E-state index contributed by atoms with van der Waals surface area (Å²) < 4.78 is 47.5. The van der Waals surface area contributed by atoms with Crippen molar-refractivity contribution in [3.8, 4) is 0 Å². The minimum absolute atomic E-state index is 0.265. The second kappa shape index (κ2) is 38.1. The molecule has 1 aliphatic heterocycles. The van der Waals surface area contributed by atoms with Crippen LogP contribution in [-0.4, -0.2) is 95.4 Å². The lowest BCUT2D eigenvalue weighted by molar-refractivity contribution is -0.298. The molecule has 0 bridgehead atoms. The molecule has 0 aromatic carbocycles. The lowest BCUT2D eigenvalue weighted by Gasteiger charge is -2.41. The van der Waals surface area contributed by atoms with Gasteiger partial charge in [0.25, 0.3) is 0 Å². The Balaban J connectivity index is 2.42. The Bertz CT molecular complexity index is 1170. The number of allylic oxidation sites excluding steroid dienone is 3. The Morgan fingerprint density at radius 2 is 1.07 bits per heavy atom. The number of carbonyl (C=O) groups is 1. The smallest absolute Gasteiger partial charge is 0.394 e. The zero-order chi connectivity index (χ0) is 44.1. The van der Waals surface area contributed by atoms with Crippen LogP contribution in [0.1, 0.15) is 213 Å². The van der Waals surface area contributed by atoms with Gasteiger partial charge < -0.3 is 35.2 Å². The average molecular weight is 876 g/mol. The number of nitrogens with one attached hydrogen (secondary N) is 1. The molecule has 6 N–H and O–H groups in total. The topological polar surface area (TPSA) is 192 Å². The second-order valence-corrected chi connectivity index (χ2v) is 18.1. The number of amides is 1. The number of ether oxygens (including phenoxy) is 2. The normalized spacial score (nSPS) is 20.9. The quantitative estimate of drug-likeness (QED) is 0.0195. The van der Waals surface area contributed by atoms with Crippen molar-refractivity contribution in [1.29, 1.82) is 0 Å². The Labute approximate surface area is 365 Å². The Morgan fingerprint density at radius 1 is 0.650 bits per heavy atom. The molecular formula is C47H89NO11S. The fourth-order valence-corrected chi connectivity index (χ4v) is 8.19. The number of carbonyl (C=O) groups excluding carboxylic acids is 1. The second-order valence-electron chi connectivity index (χ2n) is 17.0. The predicted molar refractivity (Wildman–Crippen MR) is 241 cm³/mol. The maximum Gasteiger partial charge on any atom is 0.397 e. The zero-order valence-electron chi connectivity index (χ0n) is 37.8. The molecular weight excluding hydrogens is 787 g/mol. The van der Waals surface area contributed by atoms with E-state index >= 15 is 0 Å². The first-order chi connectivity index (χ1) is 29.0. The van der Waals surface area contributed by atoms with Crippen LogP contribution in [0.3, 0.4) is 0 Å². The van der Waals surface area contributed by atoms with Crippen molar-refractivity contribution in [3.63, 3.8) is 0 Å². The van der Waals surface area contributed by atoms with E-state index in [0.29, 0.717) is 6.42 Å². The summed E-state index contributed by atoms with van der Waals surface area (Å²) in [5, 5.41) is 44.6. The van der Waals surface area contributed by atoms with Gasteiger partial charge in [-0.1, -0.05) is 186 Å².